The number of rotatable bonds is 1. The molecule has 0 radical (unpaired) electrons. The normalized spacial score (nSPS) is 12.0. The van der Waals surface area contributed by atoms with Crippen molar-refractivity contribution >= 4 is 39.2 Å². The van der Waals surface area contributed by atoms with Crippen LogP contribution in [-0.4, -0.2) is 16.6 Å². The molecular weight excluding hydrogens is 348 g/mol. The number of hydrogen-bond donors (Lipinski definition) is 2. The van der Waals surface area contributed by atoms with Gasteiger partial charge in [-0.1, -0.05) is 42.8 Å². The van der Waals surface area contributed by atoms with Gasteiger partial charge in [0.1, 0.15) is 0 Å². The highest BCUT2D eigenvalue weighted by Gasteiger charge is 2.19. The van der Waals surface area contributed by atoms with Crippen molar-refractivity contribution in [3.63, 3.8) is 0 Å². The molecule has 0 saturated carbocycles. The largest absolute Gasteiger partial charge is 0.358 e. The summed E-state index contributed by atoms with van der Waals surface area (Å²) in [6, 6.07) is 5.62. The Hall–Kier alpha value is -0.940. The fourth-order valence-corrected chi connectivity index (χ4v) is 3.18. The number of carbonyl (C=O) groups is 1. The molecular formula is C16H23BrN2OS. The average molecular weight is 371 g/mol. The van der Waals surface area contributed by atoms with E-state index in [4.69, 9.17) is 12.2 Å². The van der Waals surface area contributed by atoms with Crippen LogP contribution in [0.5, 0.6) is 0 Å². The van der Waals surface area contributed by atoms with E-state index in [0.717, 1.165) is 10.0 Å². The van der Waals surface area contributed by atoms with Crippen LogP contribution in [0.15, 0.2) is 22.7 Å². The Balaban J connectivity index is 2.85. The molecule has 0 saturated heterocycles. The summed E-state index contributed by atoms with van der Waals surface area (Å²) in [5.41, 5.74) is 1.58. The molecule has 0 aliphatic heterocycles. The molecule has 1 aromatic rings. The van der Waals surface area contributed by atoms with Crippen LogP contribution < -0.4 is 10.6 Å². The minimum absolute atomic E-state index is 0.0247. The Labute approximate surface area is 141 Å². The molecule has 0 fully saturated rings. The molecule has 0 heterocycles. The van der Waals surface area contributed by atoms with Gasteiger partial charge in [0, 0.05) is 15.6 Å². The van der Waals surface area contributed by atoms with Crippen LogP contribution in [0.25, 0.3) is 0 Å². The van der Waals surface area contributed by atoms with E-state index in [-0.39, 0.29) is 16.9 Å². The van der Waals surface area contributed by atoms with E-state index < -0.39 is 0 Å². The number of amides is 1. The third-order valence-corrected chi connectivity index (χ3v) is 3.62. The van der Waals surface area contributed by atoms with E-state index in [0.29, 0.717) is 10.7 Å². The summed E-state index contributed by atoms with van der Waals surface area (Å²) in [5, 5.41) is 6.09. The predicted octanol–water partition coefficient (Wildman–Crippen LogP) is 4.15. The molecule has 0 aliphatic carbocycles. The molecule has 0 spiro atoms. The van der Waals surface area contributed by atoms with Gasteiger partial charge in [-0.25, -0.2) is 0 Å². The lowest BCUT2D eigenvalue weighted by molar-refractivity contribution is 0.0976. The fraction of sp³-hybridized carbons (Fsp3) is 0.500. The van der Waals surface area contributed by atoms with Crippen LogP contribution in [0.2, 0.25) is 0 Å². The lowest BCUT2D eigenvalue weighted by Crippen LogP contribution is -2.48. The Kier molecular flexibility index (Phi) is 5.56. The van der Waals surface area contributed by atoms with Crippen molar-refractivity contribution in [2.24, 2.45) is 0 Å². The summed E-state index contributed by atoms with van der Waals surface area (Å²) in [5.74, 6) is -0.210. The van der Waals surface area contributed by atoms with Gasteiger partial charge < -0.3 is 5.32 Å². The highest BCUT2D eigenvalue weighted by atomic mass is 79.9. The molecule has 5 heteroatoms. The molecule has 116 valence electrons. The second-order valence-corrected chi connectivity index (χ2v) is 8.37. The van der Waals surface area contributed by atoms with E-state index in [2.05, 4.69) is 47.3 Å². The van der Waals surface area contributed by atoms with E-state index in [1.54, 1.807) is 0 Å². The van der Waals surface area contributed by atoms with Crippen LogP contribution in [0, 0.1) is 0 Å². The summed E-state index contributed by atoms with van der Waals surface area (Å²) in [7, 11) is 0. The summed E-state index contributed by atoms with van der Waals surface area (Å²) >= 11 is 8.68. The fourth-order valence-electron chi connectivity index (χ4n) is 1.81. The number of halogens is 1. The Morgan fingerprint density at radius 3 is 2.14 bits per heavy atom. The maximum atomic E-state index is 12.2. The molecule has 0 aromatic heterocycles. The molecule has 0 bridgehead atoms. The molecule has 2 N–H and O–H groups in total. The Morgan fingerprint density at radius 2 is 1.71 bits per heavy atom. The van der Waals surface area contributed by atoms with Gasteiger partial charge in [0.15, 0.2) is 5.11 Å². The first-order valence-electron chi connectivity index (χ1n) is 6.84. The van der Waals surface area contributed by atoms with Crippen molar-refractivity contribution in [3.05, 3.63) is 33.8 Å². The van der Waals surface area contributed by atoms with Crippen LogP contribution in [0.4, 0.5) is 0 Å². The quantitative estimate of drug-likeness (QED) is 0.729. The lowest BCUT2D eigenvalue weighted by atomic mass is 9.86. The first kappa shape index (κ1) is 18.1. The van der Waals surface area contributed by atoms with Gasteiger partial charge in [0.25, 0.3) is 5.91 Å². The summed E-state index contributed by atoms with van der Waals surface area (Å²) in [6.45, 7) is 12.4. The Morgan fingerprint density at radius 1 is 1.14 bits per heavy atom. The third-order valence-electron chi connectivity index (χ3n) is 2.75. The van der Waals surface area contributed by atoms with E-state index in [1.165, 1.54) is 0 Å². The zero-order valence-electron chi connectivity index (χ0n) is 13.4. The molecule has 1 amide bonds. The van der Waals surface area contributed by atoms with Gasteiger partial charge in [-0.3, -0.25) is 10.1 Å². The highest BCUT2D eigenvalue weighted by molar-refractivity contribution is 9.10. The molecule has 0 unspecified atom stereocenters. The van der Waals surface area contributed by atoms with Crippen molar-refractivity contribution in [1.29, 1.82) is 0 Å². The van der Waals surface area contributed by atoms with E-state index in [1.807, 2.05) is 39.0 Å². The second-order valence-electron chi connectivity index (χ2n) is 7.10. The number of hydrogen-bond acceptors (Lipinski definition) is 2. The standard InChI is InChI=1S/C16H23BrN2OS/c1-15(2,3)11-8-7-10(9-12(11)17)13(20)18-14(21)19-16(4,5)6/h7-9H,1-6H3,(H2,18,19,20,21). The molecule has 3 nitrogen and oxygen atoms in total. The maximum absolute atomic E-state index is 12.2. The van der Waals surface area contributed by atoms with Gasteiger partial charge in [-0.15, -0.1) is 0 Å². The van der Waals surface area contributed by atoms with E-state index in [9.17, 15) is 4.79 Å². The van der Waals surface area contributed by atoms with Gasteiger partial charge >= 0.3 is 0 Å². The average Bonchev–Trinajstić information content (AvgIpc) is 2.23. The SMILES string of the molecule is CC(C)(C)NC(=S)NC(=O)c1ccc(C(C)(C)C)c(Br)c1. The minimum Gasteiger partial charge on any atom is -0.358 e. The van der Waals surface area contributed by atoms with Crippen molar-refractivity contribution in [3.8, 4) is 0 Å². The topological polar surface area (TPSA) is 41.1 Å². The predicted molar refractivity (Wildman–Crippen MR) is 95.8 cm³/mol. The van der Waals surface area contributed by atoms with Crippen molar-refractivity contribution in [2.75, 3.05) is 0 Å². The second kappa shape index (κ2) is 6.44. The molecule has 1 rings (SSSR count). The lowest BCUT2D eigenvalue weighted by Gasteiger charge is -2.23. The zero-order chi connectivity index (χ0) is 16.4. The number of thiocarbonyl (C=S) groups is 1. The van der Waals surface area contributed by atoms with Gasteiger partial charge in [-0.2, -0.15) is 0 Å². The number of nitrogens with one attached hydrogen (secondary N) is 2. The van der Waals surface area contributed by atoms with Crippen LogP contribution in [0.3, 0.4) is 0 Å². The summed E-state index contributed by atoms with van der Waals surface area (Å²) in [6.07, 6.45) is 0. The molecule has 1 aromatic carbocycles. The van der Waals surface area contributed by atoms with E-state index >= 15 is 0 Å². The first-order valence-corrected chi connectivity index (χ1v) is 8.04. The Bertz CT molecular complexity index is 556. The maximum Gasteiger partial charge on any atom is 0.257 e. The number of carbonyl (C=O) groups excluding carboxylic acids is 1. The van der Waals surface area contributed by atoms with Crippen LogP contribution in [-0.2, 0) is 5.41 Å². The van der Waals surface area contributed by atoms with Crippen molar-refractivity contribution in [1.82, 2.24) is 10.6 Å². The monoisotopic (exact) mass is 370 g/mol. The number of benzene rings is 1. The van der Waals surface area contributed by atoms with Crippen LogP contribution >= 0.6 is 28.1 Å². The molecule has 0 aliphatic rings. The minimum atomic E-state index is -0.210. The van der Waals surface area contributed by atoms with Gasteiger partial charge in [0.05, 0.1) is 0 Å². The third kappa shape index (κ3) is 5.75. The molecule has 0 atom stereocenters. The molecule has 21 heavy (non-hydrogen) atoms. The van der Waals surface area contributed by atoms with Crippen molar-refractivity contribution in [2.45, 2.75) is 52.5 Å². The van der Waals surface area contributed by atoms with Gasteiger partial charge in [-0.05, 0) is 56.1 Å². The zero-order valence-corrected chi connectivity index (χ0v) is 15.8. The first-order chi connectivity index (χ1) is 9.40. The summed E-state index contributed by atoms with van der Waals surface area (Å²) < 4.78 is 0.928. The summed E-state index contributed by atoms with van der Waals surface area (Å²) in [4.78, 5) is 12.2. The smallest absolute Gasteiger partial charge is 0.257 e. The van der Waals surface area contributed by atoms with Crippen LogP contribution in [0.1, 0.15) is 57.5 Å². The van der Waals surface area contributed by atoms with Crippen molar-refractivity contribution < 1.29 is 4.79 Å². The highest BCUT2D eigenvalue weighted by Crippen LogP contribution is 2.30. The van der Waals surface area contributed by atoms with Gasteiger partial charge in [0.2, 0.25) is 0 Å².